The van der Waals surface area contributed by atoms with Crippen molar-refractivity contribution in [1.29, 1.82) is 0 Å². The first-order chi connectivity index (χ1) is 16.0. The van der Waals surface area contributed by atoms with Gasteiger partial charge in [0.15, 0.2) is 11.5 Å². The van der Waals surface area contributed by atoms with Gasteiger partial charge in [0, 0.05) is 30.3 Å². The Morgan fingerprint density at radius 2 is 1.91 bits per heavy atom. The zero-order valence-corrected chi connectivity index (χ0v) is 19.1. The quantitative estimate of drug-likeness (QED) is 0.581. The third-order valence-electron chi connectivity index (χ3n) is 6.07. The number of hydrogen-bond donors (Lipinski definition) is 1. The van der Waals surface area contributed by atoms with Crippen LogP contribution in [-0.4, -0.2) is 55.4 Å². The largest absolute Gasteiger partial charge is 0.493 e. The van der Waals surface area contributed by atoms with Gasteiger partial charge in [-0.15, -0.1) is 0 Å². The second-order valence-electron chi connectivity index (χ2n) is 8.10. The second-order valence-corrected chi connectivity index (χ2v) is 8.10. The number of nitrogens with zero attached hydrogens (tertiary/aromatic N) is 2. The van der Waals surface area contributed by atoms with Crippen LogP contribution in [0.25, 0.3) is 11.1 Å². The molecule has 0 unspecified atom stereocenters. The van der Waals surface area contributed by atoms with Crippen LogP contribution in [-0.2, 0) is 11.2 Å². The van der Waals surface area contributed by atoms with Crippen LogP contribution in [0.15, 0.2) is 42.6 Å². The number of ether oxygens (including phenoxy) is 3. The van der Waals surface area contributed by atoms with E-state index in [0.717, 1.165) is 35.2 Å². The minimum atomic E-state index is -0.287. The van der Waals surface area contributed by atoms with Crippen LogP contribution in [0, 0.1) is 5.82 Å². The Morgan fingerprint density at radius 3 is 2.58 bits per heavy atom. The summed E-state index contributed by atoms with van der Waals surface area (Å²) >= 11 is 0. The second kappa shape index (κ2) is 9.94. The van der Waals surface area contributed by atoms with Crippen molar-refractivity contribution in [2.24, 2.45) is 0 Å². The number of piperidine rings is 1. The number of rotatable bonds is 7. The lowest BCUT2D eigenvalue weighted by atomic mass is 9.90. The molecule has 7 nitrogen and oxygen atoms in total. The average Bonchev–Trinajstić information content (AvgIpc) is 3.33. The summed E-state index contributed by atoms with van der Waals surface area (Å²) in [6.07, 6.45) is 3.76. The molecule has 2 heterocycles. The molecule has 1 aromatic heterocycles. The number of halogens is 1. The minimum Gasteiger partial charge on any atom is -0.493 e. The van der Waals surface area contributed by atoms with Crippen LogP contribution in [0.5, 0.6) is 17.2 Å². The van der Waals surface area contributed by atoms with E-state index in [1.54, 1.807) is 45.7 Å². The van der Waals surface area contributed by atoms with Gasteiger partial charge in [-0.2, -0.15) is 5.10 Å². The lowest BCUT2D eigenvalue weighted by Crippen LogP contribution is -2.40. The number of H-pyrrole nitrogens is 1. The monoisotopic (exact) mass is 453 g/mol. The highest BCUT2D eigenvalue weighted by molar-refractivity contribution is 5.79. The highest BCUT2D eigenvalue weighted by Crippen LogP contribution is 2.39. The maximum atomic E-state index is 13.8. The molecule has 1 aliphatic rings. The van der Waals surface area contributed by atoms with E-state index in [2.05, 4.69) is 10.2 Å². The Labute approximate surface area is 192 Å². The number of carbonyl (C=O) groups excluding carboxylic acids is 1. The molecule has 1 N–H and O–H groups in total. The summed E-state index contributed by atoms with van der Waals surface area (Å²) in [5.41, 5.74) is 3.38. The molecule has 4 rings (SSSR count). The van der Waals surface area contributed by atoms with Gasteiger partial charge in [-0.25, -0.2) is 4.39 Å². The van der Waals surface area contributed by atoms with E-state index in [9.17, 15) is 9.18 Å². The zero-order chi connectivity index (χ0) is 23.4. The van der Waals surface area contributed by atoms with Gasteiger partial charge >= 0.3 is 0 Å². The number of nitrogens with one attached hydrogen (secondary N) is 1. The molecule has 0 radical (unpaired) electrons. The van der Waals surface area contributed by atoms with Crippen molar-refractivity contribution in [3.63, 3.8) is 0 Å². The Bertz CT molecular complexity index is 1110. The predicted molar refractivity (Wildman–Crippen MR) is 122 cm³/mol. The Morgan fingerprint density at radius 1 is 1.15 bits per heavy atom. The molecule has 33 heavy (non-hydrogen) atoms. The maximum Gasteiger partial charge on any atom is 0.227 e. The highest BCUT2D eigenvalue weighted by atomic mass is 19.1. The summed E-state index contributed by atoms with van der Waals surface area (Å²) < 4.78 is 29.9. The molecular weight excluding hydrogens is 425 g/mol. The lowest BCUT2D eigenvalue weighted by molar-refractivity contribution is -0.131. The first-order valence-electron chi connectivity index (χ1n) is 10.9. The third-order valence-corrected chi connectivity index (χ3v) is 6.07. The molecule has 3 aromatic rings. The van der Waals surface area contributed by atoms with Crippen molar-refractivity contribution in [1.82, 2.24) is 15.1 Å². The number of amides is 1. The number of methoxy groups -OCH3 is 3. The number of likely N-dealkylation sites (tertiary alicyclic amines) is 1. The molecule has 0 saturated carbocycles. The summed E-state index contributed by atoms with van der Waals surface area (Å²) in [7, 11) is 4.66. The van der Waals surface area contributed by atoms with Crippen LogP contribution in [0.3, 0.4) is 0 Å². The van der Waals surface area contributed by atoms with E-state index < -0.39 is 0 Å². The Balaban J connectivity index is 1.51. The molecule has 0 aliphatic carbocycles. The number of aromatic amines is 1. The van der Waals surface area contributed by atoms with Gasteiger partial charge in [0.05, 0.1) is 33.9 Å². The zero-order valence-electron chi connectivity index (χ0n) is 19.1. The predicted octanol–water partition coefficient (Wildman–Crippen LogP) is 4.19. The molecule has 0 bridgehead atoms. The number of hydrogen-bond acceptors (Lipinski definition) is 5. The van der Waals surface area contributed by atoms with Crippen LogP contribution < -0.4 is 14.2 Å². The molecular formula is C25H28FN3O4. The first kappa shape index (κ1) is 22.6. The van der Waals surface area contributed by atoms with Gasteiger partial charge in [0.1, 0.15) is 5.82 Å². The van der Waals surface area contributed by atoms with Gasteiger partial charge in [-0.3, -0.25) is 9.89 Å². The summed E-state index contributed by atoms with van der Waals surface area (Å²) in [6.45, 7) is 1.27. The van der Waals surface area contributed by atoms with Crippen molar-refractivity contribution in [3.05, 3.63) is 59.7 Å². The number of benzene rings is 2. The summed E-state index contributed by atoms with van der Waals surface area (Å²) in [5.74, 6) is 1.38. The standard InChI is InChI=1S/C25H28FN3O4/c1-31-21-10-16(11-22(32-2)25(21)33-3)12-23(30)29-9-5-7-18(15-29)24-20(14-27-28-24)17-6-4-8-19(26)13-17/h4,6,8,10-11,13-14,18H,5,7,9,12,15H2,1-3H3,(H,27,28)/t18-/m0/s1. The fourth-order valence-electron chi connectivity index (χ4n) is 4.46. The van der Waals surface area contributed by atoms with E-state index in [1.165, 1.54) is 12.1 Å². The molecule has 0 spiro atoms. The molecule has 1 saturated heterocycles. The van der Waals surface area contributed by atoms with Gasteiger partial charge in [-0.05, 0) is 48.2 Å². The van der Waals surface area contributed by atoms with Gasteiger partial charge in [0.2, 0.25) is 11.7 Å². The molecule has 1 atom stereocenters. The van der Waals surface area contributed by atoms with Crippen LogP contribution >= 0.6 is 0 Å². The lowest BCUT2D eigenvalue weighted by Gasteiger charge is -2.33. The van der Waals surface area contributed by atoms with E-state index in [4.69, 9.17) is 14.2 Å². The summed E-state index contributed by atoms with van der Waals surface area (Å²) in [6, 6.07) is 10.1. The third kappa shape index (κ3) is 4.79. The first-order valence-corrected chi connectivity index (χ1v) is 10.9. The molecule has 174 valence electrons. The number of aromatic nitrogens is 2. The van der Waals surface area contributed by atoms with Crippen molar-refractivity contribution in [2.45, 2.75) is 25.2 Å². The van der Waals surface area contributed by atoms with Crippen LogP contribution in [0.1, 0.15) is 30.0 Å². The minimum absolute atomic E-state index is 0.0285. The Hall–Kier alpha value is -3.55. The SMILES string of the molecule is COc1cc(CC(=O)N2CCC[C@H](c3[nH]ncc3-c3cccc(F)c3)C2)cc(OC)c1OC. The molecule has 8 heteroatoms. The van der Waals surface area contributed by atoms with Crippen molar-refractivity contribution >= 4 is 5.91 Å². The van der Waals surface area contributed by atoms with Crippen molar-refractivity contribution in [2.75, 3.05) is 34.4 Å². The van der Waals surface area contributed by atoms with Gasteiger partial charge in [0.25, 0.3) is 0 Å². The van der Waals surface area contributed by atoms with Crippen LogP contribution in [0.2, 0.25) is 0 Å². The Kier molecular flexibility index (Phi) is 6.82. The molecule has 1 aliphatic heterocycles. The molecule has 1 fully saturated rings. The topological polar surface area (TPSA) is 76.7 Å². The van der Waals surface area contributed by atoms with Crippen LogP contribution in [0.4, 0.5) is 4.39 Å². The average molecular weight is 454 g/mol. The summed E-state index contributed by atoms with van der Waals surface area (Å²) in [4.78, 5) is 15.1. The number of carbonyl (C=O) groups is 1. The highest BCUT2D eigenvalue weighted by Gasteiger charge is 2.28. The fourth-order valence-corrected chi connectivity index (χ4v) is 4.46. The van der Waals surface area contributed by atoms with Gasteiger partial charge in [-0.1, -0.05) is 12.1 Å². The maximum absolute atomic E-state index is 13.8. The van der Waals surface area contributed by atoms with E-state index in [1.807, 2.05) is 11.0 Å². The van der Waals surface area contributed by atoms with Gasteiger partial charge < -0.3 is 19.1 Å². The smallest absolute Gasteiger partial charge is 0.227 e. The molecule has 1 amide bonds. The van der Waals surface area contributed by atoms with E-state index in [-0.39, 0.29) is 24.1 Å². The fraction of sp³-hybridized carbons (Fsp3) is 0.360. The van der Waals surface area contributed by atoms with E-state index in [0.29, 0.717) is 30.3 Å². The van der Waals surface area contributed by atoms with E-state index >= 15 is 0 Å². The normalized spacial score (nSPS) is 15.9. The summed E-state index contributed by atoms with van der Waals surface area (Å²) in [5, 5.41) is 7.29. The molecule has 2 aromatic carbocycles. The van der Waals surface area contributed by atoms with Crippen molar-refractivity contribution in [3.8, 4) is 28.4 Å². The van der Waals surface area contributed by atoms with Crippen molar-refractivity contribution < 1.29 is 23.4 Å².